The molecule has 1 aliphatic heterocycles. The molecular weight excluding hydrogens is 512 g/mol. The molecule has 1 amide bonds. The quantitative estimate of drug-likeness (QED) is 0.230. The van der Waals surface area contributed by atoms with Gasteiger partial charge in [-0.3, -0.25) is 14.5 Å². The number of benzene rings is 2. The summed E-state index contributed by atoms with van der Waals surface area (Å²) in [6.07, 6.45) is 10.6. The first-order valence-corrected chi connectivity index (χ1v) is 15.7. The van der Waals surface area contributed by atoms with Gasteiger partial charge in [-0.1, -0.05) is 48.9 Å². The summed E-state index contributed by atoms with van der Waals surface area (Å²) in [5.41, 5.74) is 1.53. The van der Waals surface area contributed by atoms with Gasteiger partial charge in [-0.25, -0.2) is 0 Å². The molecular formula is C35H48N2O4. The van der Waals surface area contributed by atoms with E-state index in [0.29, 0.717) is 6.42 Å². The standard InChI is InChI=1S/C35H48N2O4/c1-27(38)41-35-20-19-31(36(2)33(39)16-9-5-8-13-28-11-6-4-7-12-28)24-34(35,30-14-10-15-32(23-30)40-3)21-22-37(26-35)25-29-17-18-29/h4,6-7,10-12,14-15,23,29,31H,5,8-9,13,16-22,24-26H2,1-3H3. The van der Waals surface area contributed by atoms with E-state index in [1.54, 1.807) is 14.0 Å². The maximum atomic E-state index is 13.4. The number of likely N-dealkylation sites (tertiary alicyclic amines) is 1. The van der Waals surface area contributed by atoms with Crippen LogP contribution in [0.5, 0.6) is 5.75 Å². The second-order valence-electron chi connectivity index (χ2n) is 12.8. The molecule has 0 radical (unpaired) electrons. The number of nitrogens with zero attached hydrogens (tertiary/aromatic N) is 2. The van der Waals surface area contributed by atoms with Crippen LogP contribution in [0.2, 0.25) is 0 Å². The monoisotopic (exact) mass is 560 g/mol. The number of ether oxygens (including phenoxy) is 2. The number of carbonyl (C=O) groups is 2. The number of amides is 1. The van der Waals surface area contributed by atoms with Crippen LogP contribution in [0, 0.1) is 5.92 Å². The molecule has 222 valence electrons. The molecule has 2 aromatic rings. The average Bonchev–Trinajstić information content (AvgIpc) is 3.80. The highest BCUT2D eigenvalue weighted by molar-refractivity contribution is 5.76. The zero-order valence-electron chi connectivity index (χ0n) is 25.3. The van der Waals surface area contributed by atoms with E-state index in [1.165, 1.54) is 18.4 Å². The van der Waals surface area contributed by atoms with Crippen molar-refractivity contribution in [2.24, 2.45) is 5.92 Å². The lowest BCUT2D eigenvalue weighted by molar-refractivity contribution is -0.190. The van der Waals surface area contributed by atoms with Crippen LogP contribution in [0.4, 0.5) is 0 Å². The number of hydrogen-bond donors (Lipinski definition) is 0. The number of aryl methyl sites for hydroxylation is 1. The van der Waals surface area contributed by atoms with Gasteiger partial charge in [0.2, 0.25) is 5.91 Å². The minimum absolute atomic E-state index is 0.108. The van der Waals surface area contributed by atoms with E-state index in [2.05, 4.69) is 47.4 Å². The lowest BCUT2D eigenvalue weighted by atomic mass is 9.55. The number of piperidine rings is 1. The highest BCUT2D eigenvalue weighted by Crippen LogP contribution is 2.55. The number of fused-ring (bicyclic) bond motifs is 1. The predicted molar refractivity (Wildman–Crippen MR) is 162 cm³/mol. The summed E-state index contributed by atoms with van der Waals surface area (Å²) in [5.74, 6) is 1.60. The maximum absolute atomic E-state index is 13.4. The van der Waals surface area contributed by atoms with E-state index >= 15 is 0 Å². The molecule has 2 aliphatic carbocycles. The molecule has 0 aromatic heterocycles. The highest BCUT2D eigenvalue weighted by Gasteiger charge is 2.61. The van der Waals surface area contributed by atoms with E-state index < -0.39 is 5.60 Å². The third kappa shape index (κ3) is 6.80. The van der Waals surface area contributed by atoms with Crippen molar-refractivity contribution in [2.45, 2.75) is 94.6 Å². The van der Waals surface area contributed by atoms with Crippen molar-refractivity contribution < 1.29 is 19.1 Å². The molecule has 3 fully saturated rings. The first-order chi connectivity index (χ1) is 19.8. The molecule has 3 atom stereocenters. The Kier molecular flexibility index (Phi) is 9.38. The fourth-order valence-electron chi connectivity index (χ4n) is 7.54. The highest BCUT2D eigenvalue weighted by atomic mass is 16.6. The van der Waals surface area contributed by atoms with Crippen molar-refractivity contribution in [3.05, 3.63) is 65.7 Å². The summed E-state index contributed by atoms with van der Waals surface area (Å²) in [6, 6.07) is 19.0. The normalized spacial score (nSPS) is 26.2. The summed E-state index contributed by atoms with van der Waals surface area (Å²) >= 11 is 0. The van der Waals surface area contributed by atoms with Crippen molar-refractivity contribution in [2.75, 3.05) is 33.8 Å². The second-order valence-corrected chi connectivity index (χ2v) is 12.8. The van der Waals surface area contributed by atoms with Crippen LogP contribution >= 0.6 is 0 Å². The van der Waals surface area contributed by atoms with Crippen molar-refractivity contribution in [3.63, 3.8) is 0 Å². The van der Waals surface area contributed by atoms with Gasteiger partial charge in [0, 0.05) is 44.9 Å². The van der Waals surface area contributed by atoms with E-state index in [-0.39, 0.29) is 23.3 Å². The van der Waals surface area contributed by atoms with Gasteiger partial charge in [-0.15, -0.1) is 0 Å². The average molecular weight is 561 g/mol. The Bertz CT molecular complexity index is 1180. The third-order valence-electron chi connectivity index (χ3n) is 9.99. The molecule has 3 unspecified atom stereocenters. The van der Waals surface area contributed by atoms with Crippen LogP contribution in [0.25, 0.3) is 0 Å². The molecule has 0 bridgehead atoms. The van der Waals surface area contributed by atoms with E-state index in [0.717, 1.165) is 88.2 Å². The molecule has 0 spiro atoms. The molecule has 6 nitrogen and oxygen atoms in total. The van der Waals surface area contributed by atoms with Crippen molar-refractivity contribution in [3.8, 4) is 5.75 Å². The SMILES string of the molecule is COc1cccc(C23CCN(CC4CC4)CC2(OC(C)=O)CCC(N(C)C(=O)CCCCCc2ccccc2)C3)c1. The van der Waals surface area contributed by atoms with Crippen molar-refractivity contribution in [1.29, 1.82) is 0 Å². The molecule has 6 heteroatoms. The van der Waals surface area contributed by atoms with Gasteiger partial charge in [0.1, 0.15) is 11.4 Å². The Balaban J connectivity index is 1.31. The van der Waals surface area contributed by atoms with Crippen LogP contribution in [0.15, 0.2) is 54.6 Å². The smallest absolute Gasteiger partial charge is 0.303 e. The zero-order chi connectivity index (χ0) is 28.9. The van der Waals surface area contributed by atoms with Gasteiger partial charge >= 0.3 is 5.97 Å². The Labute approximate surface area is 246 Å². The Morgan fingerprint density at radius 3 is 2.54 bits per heavy atom. The number of rotatable bonds is 12. The summed E-state index contributed by atoms with van der Waals surface area (Å²) in [4.78, 5) is 30.6. The molecule has 41 heavy (non-hydrogen) atoms. The van der Waals surface area contributed by atoms with Crippen molar-refractivity contribution in [1.82, 2.24) is 9.80 Å². The number of unbranched alkanes of at least 4 members (excludes halogenated alkanes) is 2. The van der Waals surface area contributed by atoms with Gasteiger partial charge in [-0.05, 0) is 93.5 Å². The van der Waals surface area contributed by atoms with Crippen LogP contribution in [0.1, 0.15) is 82.3 Å². The minimum atomic E-state index is -0.615. The van der Waals surface area contributed by atoms with Gasteiger partial charge in [0.25, 0.3) is 0 Å². The van der Waals surface area contributed by atoms with E-state index in [1.807, 2.05) is 24.1 Å². The Hall–Kier alpha value is -2.86. The van der Waals surface area contributed by atoms with Gasteiger partial charge in [-0.2, -0.15) is 0 Å². The molecule has 2 aromatic carbocycles. The molecule has 2 saturated carbocycles. The largest absolute Gasteiger partial charge is 0.497 e. The minimum Gasteiger partial charge on any atom is -0.497 e. The molecule has 1 heterocycles. The summed E-state index contributed by atoms with van der Waals surface area (Å²) in [5, 5.41) is 0. The Morgan fingerprint density at radius 2 is 1.80 bits per heavy atom. The number of carbonyl (C=O) groups excluding carboxylic acids is 2. The van der Waals surface area contributed by atoms with Crippen LogP contribution in [-0.2, 0) is 26.2 Å². The molecule has 3 aliphatic rings. The number of esters is 1. The second kappa shape index (κ2) is 13.0. The van der Waals surface area contributed by atoms with Gasteiger partial charge in [0.05, 0.1) is 7.11 Å². The lowest BCUT2D eigenvalue weighted by Crippen LogP contribution is -2.68. The van der Waals surface area contributed by atoms with Crippen LogP contribution in [-0.4, -0.2) is 67.1 Å². The molecule has 0 N–H and O–H groups in total. The molecule has 1 saturated heterocycles. The maximum Gasteiger partial charge on any atom is 0.303 e. The summed E-state index contributed by atoms with van der Waals surface area (Å²) in [7, 11) is 3.68. The van der Waals surface area contributed by atoms with Gasteiger partial charge < -0.3 is 14.4 Å². The first kappa shape index (κ1) is 29.6. The first-order valence-electron chi connectivity index (χ1n) is 15.7. The van der Waals surface area contributed by atoms with E-state index in [4.69, 9.17) is 9.47 Å². The van der Waals surface area contributed by atoms with Gasteiger partial charge in [0.15, 0.2) is 0 Å². The fourth-order valence-corrected chi connectivity index (χ4v) is 7.54. The van der Waals surface area contributed by atoms with Crippen LogP contribution in [0.3, 0.4) is 0 Å². The predicted octanol–water partition coefficient (Wildman–Crippen LogP) is 6.16. The third-order valence-corrected chi connectivity index (χ3v) is 9.99. The summed E-state index contributed by atoms with van der Waals surface area (Å²) in [6.45, 7) is 4.36. The lowest BCUT2D eigenvalue weighted by Gasteiger charge is -2.60. The topological polar surface area (TPSA) is 59.1 Å². The Morgan fingerprint density at radius 1 is 1.00 bits per heavy atom. The molecule has 5 rings (SSSR count). The van der Waals surface area contributed by atoms with E-state index in [9.17, 15) is 9.59 Å². The fraction of sp³-hybridized carbons (Fsp3) is 0.600. The zero-order valence-corrected chi connectivity index (χ0v) is 25.3. The van der Waals surface area contributed by atoms with Crippen molar-refractivity contribution >= 4 is 11.9 Å². The summed E-state index contributed by atoms with van der Waals surface area (Å²) < 4.78 is 12.1. The number of methoxy groups -OCH3 is 1. The van der Waals surface area contributed by atoms with Crippen LogP contribution < -0.4 is 4.74 Å². The number of hydrogen-bond acceptors (Lipinski definition) is 5.